The summed E-state index contributed by atoms with van der Waals surface area (Å²) in [4.78, 5) is 6.97. The molecule has 1 fully saturated rings. The first kappa shape index (κ1) is 21.4. The highest BCUT2D eigenvalue weighted by Gasteiger charge is 2.10. The molecular weight excluding hydrogens is 368 g/mol. The molecule has 0 atom stereocenters. The number of methoxy groups -OCH3 is 1. The van der Waals surface area contributed by atoms with Crippen molar-refractivity contribution < 1.29 is 9.47 Å². The van der Waals surface area contributed by atoms with Crippen molar-refractivity contribution in [3.05, 3.63) is 29.8 Å². The van der Waals surface area contributed by atoms with E-state index < -0.39 is 0 Å². The van der Waals surface area contributed by atoms with Crippen LogP contribution in [0.15, 0.2) is 24.3 Å². The summed E-state index contributed by atoms with van der Waals surface area (Å²) in [5.41, 5.74) is 1.33. The molecule has 0 radical (unpaired) electrons. The number of nitrogens with one attached hydrogen (secondary N) is 2. The lowest BCUT2D eigenvalue weighted by molar-refractivity contribution is 0.210. The highest BCUT2D eigenvalue weighted by molar-refractivity contribution is 5.35. The molecule has 8 nitrogen and oxygen atoms in total. The number of hydrogen-bond acceptors (Lipinski definition) is 7. The molecule has 160 valence electrons. The number of aromatic nitrogens is 3. The Balaban J connectivity index is 1.36. The van der Waals surface area contributed by atoms with Crippen molar-refractivity contribution in [3.8, 4) is 5.75 Å². The highest BCUT2D eigenvalue weighted by Crippen LogP contribution is 2.17. The zero-order valence-electron chi connectivity index (χ0n) is 17.7. The molecule has 0 aliphatic carbocycles. The summed E-state index contributed by atoms with van der Waals surface area (Å²) in [6.07, 6.45) is 4.89. The molecule has 0 spiro atoms. The van der Waals surface area contributed by atoms with E-state index in [1.165, 1.54) is 37.9 Å². The fourth-order valence-corrected chi connectivity index (χ4v) is 3.45. The molecule has 0 amide bonds. The summed E-state index contributed by atoms with van der Waals surface area (Å²) < 4.78 is 12.7. The van der Waals surface area contributed by atoms with E-state index in [4.69, 9.17) is 9.47 Å². The first-order valence-electron chi connectivity index (χ1n) is 10.6. The van der Waals surface area contributed by atoms with E-state index in [2.05, 4.69) is 43.8 Å². The number of benzene rings is 1. The number of anilines is 2. The van der Waals surface area contributed by atoms with Crippen molar-refractivity contribution >= 4 is 11.9 Å². The quantitative estimate of drug-likeness (QED) is 0.529. The van der Waals surface area contributed by atoms with Crippen LogP contribution in [0.3, 0.4) is 0 Å². The van der Waals surface area contributed by atoms with Gasteiger partial charge in [-0.25, -0.2) is 4.68 Å². The lowest BCUT2D eigenvalue weighted by Gasteiger charge is -2.26. The third kappa shape index (κ3) is 7.21. The van der Waals surface area contributed by atoms with Crippen molar-refractivity contribution in [2.75, 3.05) is 57.1 Å². The van der Waals surface area contributed by atoms with Crippen molar-refractivity contribution in [2.45, 2.75) is 32.2 Å². The number of aryl methyl sites for hydroxylation is 1. The van der Waals surface area contributed by atoms with Gasteiger partial charge < -0.3 is 20.1 Å². The number of ether oxygens (including phenoxy) is 2. The Kier molecular flexibility index (Phi) is 8.58. The molecule has 1 aromatic carbocycles. The molecule has 3 rings (SSSR count). The van der Waals surface area contributed by atoms with Gasteiger partial charge in [-0.3, -0.25) is 4.90 Å². The van der Waals surface area contributed by atoms with E-state index in [1.54, 1.807) is 11.8 Å². The number of likely N-dealkylation sites (tertiary alicyclic amines) is 1. The number of piperidine rings is 1. The van der Waals surface area contributed by atoms with Gasteiger partial charge in [0.25, 0.3) is 0 Å². The molecule has 2 N–H and O–H groups in total. The Bertz CT molecular complexity index is 730. The van der Waals surface area contributed by atoms with Gasteiger partial charge in [0.15, 0.2) is 0 Å². The van der Waals surface area contributed by atoms with Crippen LogP contribution in [0.25, 0.3) is 0 Å². The average molecular weight is 403 g/mol. The Morgan fingerprint density at radius 1 is 1.07 bits per heavy atom. The molecule has 2 heterocycles. The van der Waals surface area contributed by atoms with Gasteiger partial charge >= 0.3 is 0 Å². The lowest BCUT2D eigenvalue weighted by atomic mass is 10.1. The topological polar surface area (TPSA) is 76.5 Å². The smallest absolute Gasteiger partial charge is 0.244 e. The molecular formula is C21H34N6O2. The van der Waals surface area contributed by atoms with Gasteiger partial charge in [0.2, 0.25) is 11.9 Å². The van der Waals surface area contributed by atoms with Crippen LogP contribution in [0.1, 0.15) is 31.2 Å². The van der Waals surface area contributed by atoms with Crippen molar-refractivity contribution in [1.82, 2.24) is 19.7 Å². The van der Waals surface area contributed by atoms with E-state index >= 15 is 0 Å². The molecule has 2 aromatic rings. The van der Waals surface area contributed by atoms with Crippen LogP contribution < -0.4 is 15.4 Å². The summed E-state index contributed by atoms with van der Waals surface area (Å²) in [6.45, 7) is 6.19. The van der Waals surface area contributed by atoms with E-state index in [0.29, 0.717) is 25.7 Å². The monoisotopic (exact) mass is 402 g/mol. The minimum absolute atomic E-state index is 0.605. The maximum absolute atomic E-state index is 5.95. The Labute approximate surface area is 173 Å². The van der Waals surface area contributed by atoms with Gasteiger partial charge in [-0.05, 0) is 50.0 Å². The predicted molar refractivity (Wildman–Crippen MR) is 116 cm³/mol. The van der Waals surface area contributed by atoms with Gasteiger partial charge in [0, 0.05) is 33.8 Å². The van der Waals surface area contributed by atoms with Gasteiger partial charge in [0.05, 0.1) is 13.2 Å². The van der Waals surface area contributed by atoms with E-state index in [-0.39, 0.29) is 0 Å². The molecule has 1 saturated heterocycles. The molecule has 0 saturated carbocycles. The average Bonchev–Trinajstić information content (AvgIpc) is 3.08. The van der Waals surface area contributed by atoms with Crippen molar-refractivity contribution in [3.63, 3.8) is 0 Å². The standard InChI is InChI=1S/C21H34N6O2/c1-26-21(24-20(25-26)22-11-15-28-2)23-10-7-14-29-19-9-6-8-18(16-19)17-27-12-4-3-5-13-27/h6,8-9,16H,3-5,7,10-15,17H2,1-2H3,(H2,22,23,24,25). The number of nitrogens with zero attached hydrogens (tertiary/aromatic N) is 4. The third-order valence-electron chi connectivity index (χ3n) is 4.98. The molecule has 1 aliphatic heterocycles. The normalized spacial score (nSPS) is 14.7. The zero-order chi connectivity index (χ0) is 20.3. The Morgan fingerprint density at radius 2 is 1.93 bits per heavy atom. The largest absolute Gasteiger partial charge is 0.494 e. The Morgan fingerprint density at radius 3 is 2.76 bits per heavy atom. The summed E-state index contributed by atoms with van der Waals surface area (Å²) >= 11 is 0. The second kappa shape index (κ2) is 11.6. The van der Waals surface area contributed by atoms with Crippen molar-refractivity contribution in [2.24, 2.45) is 7.05 Å². The summed E-state index contributed by atoms with van der Waals surface area (Å²) in [5.74, 6) is 2.30. The van der Waals surface area contributed by atoms with Crippen LogP contribution in [0, 0.1) is 0 Å². The third-order valence-corrected chi connectivity index (χ3v) is 4.98. The molecule has 0 bridgehead atoms. The fraction of sp³-hybridized carbons (Fsp3) is 0.619. The van der Waals surface area contributed by atoms with Gasteiger partial charge in [0.1, 0.15) is 5.75 Å². The molecule has 8 heteroatoms. The summed E-state index contributed by atoms with van der Waals surface area (Å²) in [7, 11) is 3.55. The van der Waals surface area contributed by atoms with Gasteiger partial charge in [-0.1, -0.05) is 18.6 Å². The van der Waals surface area contributed by atoms with Crippen LogP contribution in [0.2, 0.25) is 0 Å². The first-order valence-corrected chi connectivity index (χ1v) is 10.6. The second-order valence-electron chi connectivity index (χ2n) is 7.42. The predicted octanol–water partition coefficient (Wildman–Crippen LogP) is 2.74. The maximum atomic E-state index is 5.95. The van der Waals surface area contributed by atoms with Crippen LogP contribution in [0.4, 0.5) is 11.9 Å². The van der Waals surface area contributed by atoms with Crippen molar-refractivity contribution in [1.29, 1.82) is 0 Å². The molecule has 29 heavy (non-hydrogen) atoms. The Hall–Kier alpha value is -2.32. The first-order chi connectivity index (χ1) is 14.2. The van der Waals surface area contributed by atoms with E-state index in [1.807, 2.05) is 13.1 Å². The molecule has 1 aromatic heterocycles. The fourth-order valence-electron chi connectivity index (χ4n) is 3.45. The lowest BCUT2D eigenvalue weighted by Crippen LogP contribution is -2.29. The minimum atomic E-state index is 0.605. The molecule has 0 unspecified atom stereocenters. The van der Waals surface area contributed by atoms with Gasteiger partial charge in [-0.2, -0.15) is 4.98 Å². The van der Waals surface area contributed by atoms with Gasteiger partial charge in [-0.15, -0.1) is 5.10 Å². The summed E-state index contributed by atoms with van der Waals surface area (Å²) in [6, 6.07) is 8.48. The van der Waals surface area contributed by atoms with E-state index in [9.17, 15) is 0 Å². The number of rotatable bonds is 12. The SMILES string of the molecule is COCCNc1nc(NCCCOc2cccc(CN3CCCCC3)c2)n(C)n1. The van der Waals surface area contributed by atoms with Crippen LogP contribution in [-0.2, 0) is 18.3 Å². The van der Waals surface area contributed by atoms with Crippen LogP contribution in [0.5, 0.6) is 5.75 Å². The highest BCUT2D eigenvalue weighted by atomic mass is 16.5. The zero-order valence-corrected chi connectivity index (χ0v) is 17.7. The second-order valence-corrected chi connectivity index (χ2v) is 7.42. The van der Waals surface area contributed by atoms with E-state index in [0.717, 1.165) is 31.2 Å². The summed E-state index contributed by atoms with van der Waals surface area (Å²) in [5, 5.41) is 10.8. The number of hydrogen-bond donors (Lipinski definition) is 2. The van der Waals surface area contributed by atoms with Crippen LogP contribution in [-0.4, -0.2) is 66.2 Å². The minimum Gasteiger partial charge on any atom is -0.494 e. The maximum Gasteiger partial charge on any atom is 0.244 e. The van der Waals surface area contributed by atoms with Crippen LogP contribution >= 0.6 is 0 Å². The molecule has 1 aliphatic rings.